The third-order valence-corrected chi connectivity index (χ3v) is 5.93. The molecule has 2 heterocycles. The molecule has 6 nitrogen and oxygen atoms in total. The minimum atomic E-state index is 0.283. The Kier molecular flexibility index (Phi) is 5.43. The van der Waals surface area contributed by atoms with E-state index >= 15 is 0 Å². The number of H-pyrrole nitrogens is 1. The van der Waals surface area contributed by atoms with E-state index in [1.54, 1.807) is 0 Å². The average Bonchev–Trinajstić information content (AvgIpc) is 3.03. The fourth-order valence-corrected chi connectivity index (χ4v) is 4.13. The third kappa shape index (κ3) is 3.92. The predicted molar refractivity (Wildman–Crippen MR) is 120 cm³/mol. The molecule has 0 unspecified atom stereocenters. The number of hydrogen-bond donors (Lipinski definition) is 4. The van der Waals surface area contributed by atoms with Crippen molar-refractivity contribution in [3.05, 3.63) is 54.0 Å². The van der Waals surface area contributed by atoms with Gasteiger partial charge in [-0.25, -0.2) is 9.97 Å². The molecule has 2 atom stereocenters. The SMILES string of the molecule is C=C(NC)N[C@H]1CCCC[C@@H]1Nc1nc(-c2ccccc2)nc2[nH]c(C)c(C)c12. The van der Waals surface area contributed by atoms with Crippen molar-refractivity contribution < 1.29 is 0 Å². The second-order valence-electron chi connectivity index (χ2n) is 7.88. The van der Waals surface area contributed by atoms with Crippen LogP contribution in [-0.4, -0.2) is 34.1 Å². The number of aromatic amines is 1. The number of hydrogen-bond acceptors (Lipinski definition) is 5. The van der Waals surface area contributed by atoms with Gasteiger partial charge in [0.1, 0.15) is 11.5 Å². The van der Waals surface area contributed by atoms with Gasteiger partial charge in [0.15, 0.2) is 5.82 Å². The summed E-state index contributed by atoms with van der Waals surface area (Å²) in [6.45, 7) is 8.27. The maximum absolute atomic E-state index is 4.97. The summed E-state index contributed by atoms with van der Waals surface area (Å²) in [6.07, 6.45) is 4.66. The molecule has 29 heavy (non-hydrogen) atoms. The topological polar surface area (TPSA) is 77.7 Å². The van der Waals surface area contributed by atoms with Crippen LogP contribution in [0.4, 0.5) is 5.82 Å². The highest BCUT2D eigenvalue weighted by Gasteiger charge is 2.27. The van der Waals surface area contributed by atoms with E-state index in [4.69, 9.17) is 9.97 Å². The van der Waals surface area contributed by atoms with Crippen molar-refractivity contribution in [3.8, 4) is 11.4 Å². The van der Waals surface area contributed by atoms with Crippen LogP contribution in [0.3, 0.4) is 0 Å². The summed E-state index contributed by atoms with van der Waals surface area (Å²) in [5.41, 5.74) is 4.23. The smallest absolute Gasteiger partial charge is 0.163 e. The molecule has 0 spiro atoms. The van der Waals surface area contributed by atoms with Crippen LogP contribution in [0.5, 0.6) is 0 Å². The van der Waals surface area contributed by atoms with Crippen LogP contribution in [0.1, 0.15) is 36.9 Å². The lowest BCUT2D eigenvalue weighted by molar-refractivity contribution is 0.359. The van der Waals surface area contributed by atoms with Crippen molar-refractivity contribution in [2.24, 2.45) is 0 Å². The molecular formula is C23H30N6. The second kappa shape index (κ2) is 8.15. The third-order valence-electron chi connectivity index (χ3n) is 5.93. The number of rotatable bonds is 6. The number of fused-ring (bicyclic) bond motifs is 1. The van der Waals surface area contributed by atoms with Gasteiger partial charge >= 0.3 is 0 Å². The van der Waals surface area contributed by atoms with Crippen LogP contribution < -0.4 is 16.0 Å². The van der Waals surface area contributed by atoms with Crippen molar-refractivity contribution in [2.45, 2.75) is 51.6 Å². The lowest BCUT2D eigenvalue weighted by Gasteiger charge is -2.34. The highest BCUT2D eigenvalue weighted by Crippen LogP contribution is 2.31. The number of nitrogens with one attached hydrogen (secondary N) is 4. The molecule has 1 aliphatic rings. The first-order chi connectivity index (χ1) is 14.1. The van der Waals surface area contributed by atoms with Gasteiger partial charge in [-0.2, -0.15) is 0 Å². The number of nitrogens with zero attached hydrogens (tertiary/aromatic N) is 2. The number of anilines is 1. The molecule has 1 fully saturated rings. The van der Waals surface area contributed by atoms with E-state index < -0.39 is 0 Å². The van der Waals surface area contributed by atoms with Gasteiger partial charge in [-0.1, -0.05) is 49.8 Å². The van der Waals surface area contributed by atoms with Crippen molar-refractivity contribution in [1.82, 2.24) is 25.6 Å². The lowest BCUT2D eigenvalue weighted by Crippen LogP contribution is -2.47. The molecule has 1 aliphatic carbocycles. The van der Waals surface area contributed by atoms with Gasteiger partial charge in [0, 0.05) is 30.4 Å². The minimum Gasteiger partial charge on any atom is -0.375 e. The summed E-state index contributed by atoms with van der Waals surface area (Å²) in [6, 6.07) is 10.7. The van der Waals surface area contributed by atoms with Gasteiger partial charge in [0.05, 0.1) is 11.2 Å². The lowest BCUT2D eigenvalue weighted by atomic mass is 9.90. The molecule has 0 amide bonds. The van der Waals surface area contributed by atoms with Crippen LogP contribution >= 0.6 is 0 Å². The van der Waals surface area contributed by atoms with Gasteiger partial charge in [0.2, 0.25) is 0 Å². The molecule has 4 rings (SSSR count). The minimum absolute atomic E-state index is 0.283. The molecule has 152 valence electrons. The van der Waals surface area contributed by atoms with Crippen molar-refractivity contribution in [1.29, 1.82) is 0 Å². The molecule has 4 N–H and O–H groups in total. The largest absolute Gasteiger partial charge is 0.375 e. The maximum Gasteiger partial charge on any atom is 0.163 e. The summed E-state index contributed by atoms with van der Waals surface area (Å²) in [4.78, 5) is 13.2. The molecule has 2 aromatic heterocycles. The van der Waals surface area contributed by atoms with Gasteiger partial charge in [-0.15, -0.1) is 0 Å². The first kappa shape index (κ1) is 19.3. The van der Waals surface area contributed by atoms with E-state index in [1.165, 1.54) is 18.4 Å². The molecule has 0 radical (unpaired) electrons. The first-order valence-electron chi connectivity index (χ1n) is 10.4. The van der Waals surface area contributed by atoms with Crippen molar-refractivity contribution in [3.63, 3.8) is 0 Å². The fourth-order valence-electron chi connectivity index (χ4n) is 4.13. The molecule has 1 aromatic carbocycles. The van der Waals surface area contributed by atoms with Gasteiger partial charge in [-0.05, 0) is 32.3 Å². The van der Waals surface area contributed by atoms with Crippen LogP contribution in [-0.2, 0) is 0 Å². The summed E-state index contributed by atoms with van der Waals surface area (Å²) < 4.78 is 0. The van der Waals surface area contributed by atoms with E-state index in [2.05, 4.69) is 53.5 Å². The second-order valence-corrected chi connectivity index (χ2v) is 7.88. The van der Waals surface area contributed by atoms with Crippen LogP contribution in [0, 0.1) is 13.8 Å². The Balaban J connectivity index is 1.74. The van der Waals surface area contributed by atoms with E-state index in [-0.39, 0.29) is 6.04 Å². The number of aryl methyl sites for hydroxylation is 2. The maximum atomic E-state index is 4.97. The van der Waals surface area contributed by atoms with Crippen molar-refractivity contribution in [2.75, 3.05) is 12.4 Å². The molecular weight excluding hydrogens is 360 g/mol. The van der Waals surface area contributed by atoms with Crippen molar-refractivity contribution >= 4 is 16.9 Å². The Labute approximate surface area is 172 Å². The monoisotopic (exact) mass is 390 g/mol. The van der Waals surface area contributed by atoms with Gasteiger partial charge in [-0.3, -0.25) is 0 Å². The summed E-state index contributed by atoms with van der Waals surface area (Å²) in [5.74, 6) is 2.50. The molecule has 0 aliphatic heterocycles. The predicted octanol–water partition coefficient (Wildman–Crippen LogP) is 4.25. The summed E-state index contributed by atoms with van der Waals surface area (Å²) in [5, 5.41) is 11.5. The summed E-state index contributed by atoms with van der Waals surface area (Å²) in [7, 11) is 1.90. The van der Waals surface area contributed by atoms with Crippen LogP contribution in [0.15, 0.2) is 42.7 Å². The molecule has 0 bridgehead atoms. The Morgan fingerprint density at radius 1 is 1.07 bits per heavy atom. The van der Waals surface area contributed by atoms with Gasteiger partial charge in [0.25, 0.3) is 0 Å². The Hall–Kier alpha value is -3.02. The first-order valence-corrected chi connectivity index (χ1v) is 10.4. The molecule has 0 saturated heterocycles. The van der Waals surface area contributed by atoms with Crippen LogP contribution in [0.2, 0.25) is 0 Å². The van der Waals surface area contributed by atoms with E-state index in [0.29, 0.717) is 6.04 Å². The van der Waals surface area contributed by atoms with E-state index in [1.807, 2.05) is 25.2 Å². The zero-order valence-corrected chi connectivity index (χ0v) is 17.5. The van der Waals surface area contributed by atoms with Crippen LogP contribution in [0.25, 0.3) is 22.4 Å². The van der Waals surface area contributed by atoms with E-state index in [0.717, 1.165) is 52.6 Å². The Bertz CT molecular complexity index is 1010. The van der Waals surface area contributed by atoms with Gasteiger partial charge < -0.3 is 20.9 Å². The standard InChI is InChI=1S/C23H30N6/c1-14-15(2)25-22-20(14)23(29-21(28-22)17-10-6-5-7-11-17)27-19-13-9-8-12-18(19)26-16(3)24-4/h5-7,10-11,18-19,24,26H,3,8-9,12-13H2,1-2,4H3,(H2,25,27,28,29)/t18-,19-/m0/s1. The summed E-state index contributed by atoms with van der Waals surface area (Å²) >= 11 is 0. The normalized spacial score (nSPS) is 19.1. The Morgan fingerprint density at radius 2 is 1.79 bits per heavy atom. The highest BCUT2D eigenvalue weighted by atomic mass is 15.1. The number of benzene rings is 1. The van der Waals surface area contributed by atoms with E-state index in [9.17, 15) is 0 Å². The quantitative estimate of drug-likeness (QED) is 0.506. The molecule has 1 saturated carbocycles. The molecule has 6 heteroatoms. The zero-order valence-electron chi connectivity index (χ0n) is 17.5. The fraction of sp³-hybridized carbons (Fsp3) is 0.391. The average molecular weight is 391 g/mol. The number of aromatic nitrogens is 3. The highest BCUT2D eigenvalue weighted by molar-refractivity contribution is 5.93. The molecule has 3 aromatic rings. The zero-order chi connectivity index (χ0) is 20.4. The Morgan fingerprint density at radius 3 is 2.52 bits per heavy atom.